The molecule has 0 radical (unpaired) electrons. The van der Waals surface area contributed by atoms with Crippen molar-refractivity contribution < 1.29 is 4.79 Å². The summed E-state index contributed by atoms with van der Waals surface area (Å²) in [6, 6.07) is 9.80. The van der Waals surface area contributed by atoms with E-state index in [4.69, 9.17) is 0 Å². The summed E-state index contributed by atoms with van der Waals surface area (Å²) in [5.41, 5.74) is 2.68. The van der Waals surface area contributed by atoms with Crippen molar-refractivity contribution in [2.24, 2.45) is 0 Å². The number of pyridine rings is 1. The lowest BCUT2D eigenvalue weighted by Crippen LogP contribution is -2.23. The van der Waals surface area contributed by atoms with Crippen molar-refractivity contribution in [3.05, 3.63) is 71.4 Å². The largest absolute Gasteiger partial charge is 0.348 e. The molecular formula is C19H20N4OS. The molecule has 1 N–H and O–H groups in total. The first-order valence-electron chi connectivity index (χ1n) is 7.96. The average Bonchev–Trinajstić information content (AvgIpc) is 3.06. The second kappa shape index (κ2) is 7.53. The topological polar surface area (TPSA) is 59.8 Å². The monoisotopic (exact) mass is 352 g/mol. The summed E-state index contributed by atoms with van der Waals surface area (Å²) in [6.45, 7) is 4.33. The molecule has 2 aromatic heterocycles. The van der Waals surface area contributed by atoms with Crippen LogP contribution in [0.1, 0.15) is 27.3 Å². The molecule has 0 aliphatic heterocycles. The zero-order valence-electron chi connectivity index (χ0n) is 14.5. The van der Waals surface area contributed by atoms with Crippen LogP contribution in [-0.2, 0) is 6.54 Å². The number of aromatic nitrogens is 3. The lowest BCUT2D eigenvalue weighted by atomic mass is 10.1. The summed E-state index contributed by atoms with van der Waals surface area (Å²) >= 11 is 1.63. The highest BCUT2D eigenvalue weighted by atomic mass is 32.2. The fourth-order valence-corrected chi connectivity index (χ4v) is 3.01. The number of aryl methyl sites for hydroxylation is 2. The number of hydrogen-bond acceptors (Lipinski definition) is 4. The number of benzene rings is 1. The molecule has 2 heterocycles. The van der Waals surface area contributed by atoms with Gasteiger partial charge in [-0.2, -0.15) is 0 Å². The van der Waals surface area contributed by atoms with Crippen LogP contribution in [0.2, 0.25) is 0 Å². The number of nitrogens with zero attached hydrogens (tertiary/aromatic N) is 3. The van der Waals surface area contributed by atoms with Crippen LogP contribution in [0.4, 0.5) is 0 Å². The van der Waals surface area contributed by atoms with Crippen molar-refractivity contribution in [3.8, 4) is 5.82 Å². The Morgan fingerprint density at radius 3 is 2.72 bits per heavy atom. The number of carbonyl (C=O) groups is 1. The predicted molar refractivity (Wildman–Crippen MR) is 100 cm³/mol. The van der Waals surface area contributed by atoms with Crippen molar-refractivity contribution in [3.63, 3.8) is 0 Å². The summed E-state index contributed by atoms with van der Waals surface area (Å²) in [5.74, 6) is 1.60. The molecule has 1 aromatic carbocycles. The molecule has 25 heavy (non-hydrogen) atoms. The van der Waals surface area contributed by atoms with E-state index < -0.39 is 0 Å². The fourth-order valence-electron chi connectivity index (χ4n) is 2.57. The first-order valence-corrected chi connectivity index (χ1v) is 9.19. The number of thioether (sulfide) groups is 1. The van der Waals surface area contributed by atoms with Gasteiger partial charge in [0.1, 0.15) is 11.6 Å². The zero-order chi connectivity index (χ0) is 17.8. The highest BCUT2D eigenvalue weighted by Gasteiger charge is 2.10. The van der Waals surface area contributed by atoms with Gasteiger partial charge in [0.05, 0.1) is 0 Å². The number of amides is 1. The molecule has 3 rings (SSSR count). The molecule has 0 saturated heterocycles. The van der Waals surface area contributed by atoms with Crippen molar-refractivity contribution in [2.75, 3.05) is 6.26 Å². The van der Waals surface area contributed by atoms with Crippen LogP contribution in [0.3, 0.4) is 0 Å². The first kappa shape index (κ1) is 17.2. The molecule has 0 bridgehead atoms. The Morgan fingerprint density at radius 2 is 2.00 bits per heavy atom. The molecule has 128 valence electrons. The molecule has 5 nitrogen and oxygen atoms in total. The Labute approximate surface area is 151 Å². The Balaban J connectivity index is 1.74. The van der Waals surface area contributed by atoms with Gasteiger partial charge < -0.3 is 5.32 Å². The molecule has 3 aromatic rings. The van der Waals surface area contributed by atoms with Crippen molar-refractivity contribution >= 4 is 17.7 Å². The number of rotatable bonds is 5. The van der Waals surface area contributed by atoms with Gasteiger partial charge in [-0.15, -0.1) is 11.8 Å². The van der Waals surface area contributed by atoms with Crippen LogP contribution in [0, 0.1) is 13.8 Å². The summed E-state index contributed by atoms with van der Waals surface area (Å²) < 4.78 is 1.91. The predicted octanol–water partition coefficient (Wildman–Crippen LogP) is 3.54. The molecule has 1 amide bonds. The van der Waals surface area contributed by atoms with Crippen LogP contribution < -0.4 is 5.32 Å². The smallest absolute Gasteiger partial charge is 0.251 e. The van der Waals surface area contributed by atoms with Gasteiger partial charge in [0.2, 0.25) is 0 Å². The van der Waals surface area contributed by atoms with E-state index in [0.29, 0.717) is 12.1 Å². The molecule has 0 spiro atoms. The third kappa shape index (κ3) is 3.91. The molecular weight excluding hydrogens is 332 g/mol. The number of carbonyl (C=O) groups excluding carboxylic acids is 1. The van der Waals surface area contributed by atoms with Gasteiger partial charge in [0.15, 0.2) is 0 Å². The van der Waals surface area contributed by atoms with Crippen LogP contribution in [0.15, 0.2) is 53.8 Å². The Bertz CT molecular complexity index is 904. The minimum absolute atomic E-state index is 0.0643. The molecule has 0 fully saturated rings. The van der Waals surface area contributed by atoms with E-state index in [1.165, 1.54) is 0 Å². The maximum Gasteiger partial charge on any atom is 0.251 e. The van der Waals surface area contributed by atoms with E-state index in [1.807, 2.05) is 61.2 Å². The second-order valence-electron chi connectivity index (χ2n) is 5.73. The van der Waals surface area contributed by atoms with Crippen LogP contribution in [0.25, 0.3) is 5.82 Å². The third-order valence-electron chi connectivity index (χ3n) is 4.02. The fraction of sp³-hybridized carbons (Fsp3) is 0.211. The lowest BCUT2D eigenvalue weighted by Gasteiger charge is -2.10. The van der Waals surface area contributed by atoms with Gasteiger partial charge in [-0.1, -0.05) is 6.07 Å². The minimum atomic E-state index is -0.0643. The summed E-state index contributed by atoms with van der Waals surface area (Å²) in [4.78, 5) is 22.2. The van der Waals surface area contributed by atoms with Crippen LogP contribution in [-0.4, -0.2) is 26.7 Å². The second-order valence-corrected chi connectivity index (χ2v) is 6.61. The normalized spacial score (nSPS) is 10.7. The molecule has 0 saturated carbocycles. The van der Waals surface area contributed by atoms with Gasteiger partial charge >= 0.3 is 0 Å². The number of imidazole rings is 1. The third-order valence-corrected chi connectivity index (χ3v) is 4.75. The Morgan fingerprint density at radius 1 is 1.16 bits per heavy atom. The first-order chi connectivity index (χ1) is 12.1. The highest BCUT2D eigenvalue weighted by Crippen LogP contribution is 2.19. The zero-order valence-corrected chi connectivity index (χ0v) is 15.3. The van der Waals surface area contributed by atoms with E-state index in [2.05, 4.69) is 15.3 Å². The number of hydrogen-bond donors (Lipinski definition) is 1. The summed E-state index contributed by atoms with van der Waals surface area (Å²) in [5, 5.41) is 2.99. The van der Waals surface area contributed by atoms with Crippen molar-refractivity contribution in [1.29, 1.82) is 0 Å². The standard InChI is InChI=1S/C19H20N4OS/c1-13-4-5-16(25-3)11-17(13)19(24)22-12-15-6-7-21-18(10-15)23-9-8-20-14(23)2/h4-11H,12H2,1-3H3,(H,22,24). The van der Waals surface area contributed by atoms with Gasteiger partial charge in [0.25, 0.3) is 5.91 Å². The van der Waals surface area contributed by atoms with Crippen LogP contribution >= 0.6 is 11.8 Å². The van der Waals surface area contributed by atoms with E-state index in [9.17, 15) is 4.79 Å². The van der Waals surface area contributed by atoms with Crippen LogP contribution in [0.5, 0.6) is 0 Å². The van der Waals surface area contributed by atoms with Gasteiger partial charge in [-0.3, -0.25) is 9.36 Å². The maximum atomic E-state index is 12.5. The molecule has 0 unspecified atom stereocenters. The van der Waals surface area contributed by atoms with Gasteiger partial charge in [0, 0.05) is 35.6 Å². The van der Waals surface area contributed by atoms with Gasteiger partial charge in [-0.25, -0.2) is 9.97 Å². The Hall–Kier alpha value is -2.60. The molecule has 6 heteroatoms. The minimum Gasteiger partial charge on any atom is -0.348 e. The van der Waals surface area contributed by atoms with E-state index in [1.54, 1.807) is 24.2 Å². The van der Waals surface area contributed by atoms with Crippen molar-refractivity contribution in [2.45, 2.75) is 25.3 Å². The lowest BCUT2D eigenvalue weighted by molar-refractivity contribution is 0.0950. The quantitative estimate of drug-likeness (QED) is 0.714. The summed E-state index contributed by atoms with van der Waals surface area (Å²) in [7, 11) is 0. The maximum absolute atomic E-state index is 12.5. The highest BCUT2D eigenvalue weighted by molar-refractivity contribution is 7.98. The summed E-state index contributed by atoms with van der Waals surface area (Å²) in [6.07, 6.45) is 7.36. The van der Waals surface area contributed by atoms with E-state index >= 15 is 0 Å². The van der Waals surface area contributed by atoms with E-state index in [-0.39, 0.29) is 5.91 Å². The number of nitrogens with one attached hydrogen (secondary N) is 1. The molecule has 0 atom stereocenters. The van der Waals surface area contributed by atoms with E-state index in [0.717, 1.165) is 27.7 Å². The Kier molecular flexibility index (Phi) is 5.19. The molecule has 0 aliphatic carbocycles. The SMILES string of the molecule is CSc1ccc(C)c(C(=O)NCc2ccnc(-n3ccnc3C)c2)c1. The van der Waals surface area contributed by atoms with Gasteiger partial charge in [-0.05, 0) is 55.5 Å². The van der Waals surface area contributed by atoms with Crippen molar-refractivity contribution in [1.82, 2.24) is 19.9 Å². The average molecular weight is 352 g/mol. The molecule has 0 aliphatic rings.